The molecule has 4 heteroatoms. The summed E-state index contributed by atoms with van der Waals surface area (Å²) in [4.78, 5) is 13.9. The van der Waals surface area contributed by atoms with Gasteiger partial charge in [0.05, 0.1) is 6.07 Å². The number of aliphatic hydroxyl groups is 1. The van der Waals surface area contributed by atoms with Gasteiger partial charge in [-0.3, -0.25) is 4.79 Å². The zero-order valence-electron chi connectivity index (χ0n) is 9.85. The van der Waals surface area contributed by atoms with Crippen LogP contribution in [0.25, 0.3) is 0 Å². The third kappa shape index (κ3) is 2.96. The Balaban J connectivity index is 2.57. The Hall–Kier alpha value is -1.08. The summed E-state index contributed by atoms with van der Waals surface area (Å²) < 4.78 is 0. The molecule has 0 aromatic heterocycles. The molecule has 1 N–H and O–H groups in total. The fraction of sp³-hybridized carbons (Fsp3) is 0.833. The quantitative estimate of drug-likeness (QED) is 0.765. The molecule has 16 heavy (non-hydrogen) atoms. The van der Waals surface area contributed by atoms with Crippen LogP contribution in [0.2, 0.25) is 0 Å². The van der Waals surface area contributed by atoms with Crippen molar-refractivity contribution in [1.82, 2.24) is 4.90 Å². The van der Waals surface area contributed by atoms with Crippen molar-refractivity contribution in [1.29, 1.82) is 5.26 Å². The van der Waals surface area contributed by atoms with Crippen molar-refractivity contribution in [2.45, 2.75) is 45.1 Å². The Labute approximate surface area is 96.9 Å². The molecule has 0 aromatic carbocycles. The maximum Gasteiger partial charge on any atom is 0.240 e. The van der Waals surface area contributed by atoms with Gasteiger partial charge in [0.15, 0.2) is 0 Å². The van der Waals surface area contributed by atoms with E-state index in [0.29, 0.717) is 6.42 Å². The maximum atomic E-state index is 12.0. The Morgan fingerprint density at radius 2 is 2.44 bits per heavy atom. The van der Waals surface area contributed by atoms with Crippen molar-refractivity contribution in [3.8, 4) is 6.07 Å². The summed E-state index contributed by atoms with van der Waals surface area (Å²) in [5.74, 6) is -0.514. The van der Waals surface area contributed by atoms with Crippen LogP contribution < -0.4 is 0 Å². The van der Waals surface area contributed by atoms with Crippen LogP contribution in [0.15, 0.2) is 0 Å². The third-order valence-electron chi connectivity index (χ3n) is 3.22. The van der Waals surface area contributed by atoms with E-state index < -0.39 is 5.92 Å². The summed E-state index contributed by atoms with van der Waals surface area (Å²) >= 11 is 0. The summed E-state index contributed by atoms with van der Waals surface area (Å²) in [5, 5.41) is 17.7. The SMILES string of the molecule is CCC(C#N)C(=O)N1CCCC1CCCO. The van der Waals surface area contributed by atoms with Crippen LogP contribution in [0.4, 0.5) is 0 Å². The van der Waals surface area contributed by atoms with Crippen LogP contribution >= 0.6 is 0 Å². The highest BCUT2D eigenvalue weighted by atomic mass is 16.3. The first kappa shape index (κ1) is 13.0. The van der Waals surface area contributed by atoms with Gasteiger partial charge in [0.1, 0.15) is 5.92 Å². The number of amides is 1. The molecule has 0 bridgehead atoms. The van der Waals surface area contributed by atoms with E-state index in [0.717, 1.165) is 32.2 Å². The number of carbonyl (C=O) groups excluding carboxylic acids is 1. The van der Waals surface area contributed by atoms with Gasteiger partial charge in [0.2, 0.25) is 5.91 Å². The summed E-state index contributed by atoms with van der Waals surface area (Å²) in [6.07, 6.45) is 4.19. The lowest BCUT2D eigenvalue weighted by atomic mass is 10.0. The smallest absolute Gasteiger partial charge is 0.240 e. The van der Waals surface area contributed by atoms with Crippen molar-refractivity contribution in [3.63, 3.8) is 0 Å². The molecule has 4 nitrogen and oxygen atoms in total. The Bertz CT molecular complexity index is 273. The summed E-state index contributed by atoms with van der Waals surface area (Å²) in [6.45, 7) is 2.81. The molecule has 2 unspecified atom stereocenters. The van der Waals surface area contributed by atoms with Gasteiger partial charge < -0.3 is 10.0 Å². The van der Waals surface area contributed by atoms with Gasteiger partial charge >= 0.3 is 0 Å². The Kier molecular flexibility index (Phi) is 5.27. The topological polar surface area (TPSA) is 64.3 Å². The second-order valence-corrected chi connectivity index (χ2v) is 4.28. The molecule has 1 heterocycles. The molecule has 0 aliphatic carbocycles. The molecular formula is C12H20N2O2. The number of carbonyl (C=O) groups is 1. The lowest BCUT2D eigenvalue weighted by Crippen LogP contribution is -2.39. The van der Waals surface area contributed by atoms with Crippen LogP contribution in [0, 0.1) is 17.2 Å². The van der Waals surface area contributed by atoms with Gasteiger partial charge in [-0.1, -0.05) is 6.92 Å². The van der Waals surface area contributed by atoms with Gasteiger partial charge in [0.25, 0.3) is 0 Å². The molecule has 1 rings (SSSR count). The van der Waals surface area contributed by atoms with Crippen LogP contribution in [-0.2, 0) is 4.79 Å². The second-order valence-electron chi connectivity index (χ2n) is 4.28. The highest BCUT2D eigenvalue weighted by molar-refractivity contribution is 5.81. The minimum atomic E-state index is -0.491. The molecule has 1 amide bonds. The molecule has 0 aromatic rings. The predicted octanol–water partition coefficient (Wildman–Crippen LogP) is 1.30. The van der Waals surface area contributed by atoms with E-state index in [2.05, 4.69) is 6.07 Å². The number of rotatable bonds is 5. The first-order chi connectivity index (χ1) is 7.74. The average molecular weight is 224 g/mol. The summed E-state index contributed by atoms with van der Waals surface area (Å²) in [6, 6.07) is 2.30. The zero-order valence-corrected chi connectivity index (χ0v) is 9.85. The maximum absolute atomic E-state index is 12.0. The molecular weight excluding hydrogens is 204 g/mol. The van der Waals surface area contributed by atoms with E-state index >= 15 is 0 Å². The van der Waals surface area contributed by atoms with Gasteiger partial charge in [-0.05, 0) is 32.1 Å². The van der Waals surface area contributed by atoms with Crippen molar-refractivity contribution in [3.05, 3.63) is 0 Å². The number of likely N-dealkylation sites (tertiary alicyclic amines) is 1. The largest absolute Gasteiger partial charge is 0.396 e. The monoisotopic (exact) mass is 224 g/mol. The van der Waals surface area contributed by atoms with Gasteiger partial charge in [-0.2, -0.15) is 5.26 Å². The van der Waals surface area contributed by atoms with E-state index in [4.69, 9.17) is 10.4 Å². The van der Waals surface area contributed by atoms with Crippen LogP contribution in [0.1, 0.15) is 39.0 Å². The number of hydrogen-bond donors (Lipinski definition) is 1. The van der Waals surface area contributed by atoms with Crippen molar-refractivity contribution < 1.29 is 9.90 Å². The molecule has 0 saturated carbocycles. The molecule has 1 fully saturated rings. The highest BCUT2D eigenvalue weighted by Crippen LogP contribution is 2.23. The van der Waals surface area contributed by atoms with Crippen LogP contribution in [-0.4, -0.2) is 35.1 Å². The van der Waals surface area contributed by atoms with E-state index in [1.807, 2.05) is 11.8 Å². The normalized spacial score (nSPS) is 21.8. The van der Waals surface area contributed by atoms with Gasteiger partial charge in [-0.15, -0.1) is 0 Å². The first-order valence-electron chi connectivity index (χ1n) is 6.05. The first-order valence-corrected chi connectivity index (χ1v) is 6.05. The van der Waals surface area contributed by atoms with Gasteiger partial charge in [-0.25, -0.2) is 0 Å². The zero-order chi connectivity index (χ0) is 12.0. The van der Waals surface area contributed by atoms with E-state index in [-0.39, 0.29) is 18.6 Å². The number of nitrogens with zero attached hydrogens (tertiary/aromatic N) is 2. The molecule has 0 radical (unpaired) electrons. The number of nitriles is 1. The number of hydrogen-bond acceptors (Lipinski definition) is 3. The van der Waals surface area contributed by atoms with Crippen LogP contribution in [0.5, 0.6) is 0 Å². The summed E-state index contributed by atoms with van der Waals surface area (Å²) in [5.41, 5.74) is 0. The van der Waals surface area contributed by atoms with Crippen molar-refractivity contribution in [2.75, 3.05) is 13.2 Å². The lowest BCUT2D eigenvalue weighted by molar-refractivity contribution is -0.134. The molecule has 2 atom stereocenters. The minimum Gasteiger partial charge on any atom is -0.396 e. The Morgan fingerprint density at radius 1 is 1.69 bits per heavy atom. The van der Waals surface area contributed by atoms with E-state index in [1.54, 1.807) is 0 Å². The van der Waals surface area contributed by atoms with Crippen molar-refractivity contribution in [2.24, 2.45) is 5.92 Å². The molecule has 1 saturated heterocycles. The minimum absolute atomic E-state index is 0.0227. The summed E-state index contributed by atoms with van der Waals surface area (Å²) in [7, 11) is 0. The molecule has 0 spiro atoms. The third-order valence-corrected chi connectivity index (χ3v) is 3.22. The van der Waals surface area contributed by atoms with E-state index in [1.165, 1.54) is 0 Å². The fourth-order valence-electron chi connectivity index (χ4n) is 2.27. The van der Waals surface area contributed by atoms with Crippen molar-refractivity contribution >= 4 is 5.91 Å². The molecule has 1 aliphatic rings. The van der Waals surface area contributed by atoms with Gasteiger partial charge in [0, 0.05) is 19.2 Å². The lowest BCUT2D eigenvalue weighted by Gasteiger charge is -2.26. The van der Waals surface area contributed by atoms with E-state index in [9.17, 15) is 4.79 Å². The average Bonchev–Trinajstić information content (AvgIpc) is 2.75. The molecule has 1 aliphatic heterocycles. The Morgan fingerprint density at radius 3 is 3.00 bits per heavy atom. The highest BCUT2D eigenvalue weighted by Gasteiger charge is 2.31. The molecule has 90 valence electrons. The predicted molar refractivity (Wildman–Crippen MR) is 60.4 cm³/mol. The van der Waals surface area contributed by atoms with Crippen LogP contribution in [0.3, 0.4) is 0 Å². The second kappa shape index (κ2) is 6.49. The standard InChI is InChI=1S/C12H20N2O2/c1-2-10(9-13)12(16)14-7-3-5-11(14)6-4-8-15/h10-11,15H,2-8H2,1H3. The number of aliphatic hydroxyl groups excluding tert-OH is 1. The fourth-order valence-corrected chi connectivity index (χ4v) is 2.27.